The Morgan fingerprint density at radius 1 is 0.923 bits per heavy atom. The van der Waals surface area contributed by atoms with E-state index in [2.05, 4.69) is 6.92 Å². The normalized spacial score (nSPS) is 42.0. The van der Waals surface area contributed by atoms with Gasteiger partial charge in [0.15, 0.2) is 0 Å². The summed E-state index contributed by atoms with van der Waals surface area (Å²) in [5.74, 6) is 4.05. The molecule has 2 aliphatic rings. The Kier molecular flexibility index (Phi) is 2.92. The molecule has 1 N–H and O–H groups in total. The maximum atomic E-state index is 8.76. The quantitative estimate of drug-likeness (QED) is 0.669. The average molecular weight is 182 g/mol. The Bertz CT molecular complexity index is 167. The summed E-state index contributed by atoms with van der Waals surface area (Å²) in [5.41, 5.74) is 0. The third-order valence-corrected chi connectivity index (χ3v) is 4.07. The zero-order valence-electron chi connectivity index (χ0n) is 8.71. The fourth-order valence-corrected chi connectivity index (χ4v) is 2.78. The van der Waals surface area contributed by atoms with E-state index < -0.39 is 0 Å². The van der Waals surface area contributed by atoms with E-state index in [0.29, 0.717) is 6.61 Å². The molecule has 0 spiro atoms. The fraction of sp³-hybridized carbons (Fsp3) is 1.00. The van der Waals surface area contributed by atoms with Crippen LogP contribution in [0.15, 0.2) is 0 Å². The molecule has 0 heterocycles. The second-order valence-electron chi connectivity index (χ2n) is 5.01. The second kappa shape index (κ2) is 4.00. The van der Waals surface area contributed by atoms with Crippen molar-refractivity contribution in [2.45, 2.75) is 45.4 Å². The summed E-state index contributed by atoms with van der Waals surface area (Å²) in [6.07, 6.45) is 8.30. The van der Waals surface area contributed by atoms with E-state index in [0.717, 1.165) is 30.1 Å². The molecule has 76 valence electrons. The molecule has 2 saturated carbocycles. The number of rotatable bonds is 6. The van der Waals surface area contributed by atoms with Crippen LogP contribution in [0.25, 0.3) is 0 Å². The summed E-state index contributed by atoms with van der Waals surface area (Å²) >= 11 is 0. The largest absolute Gasteiger partial charge is 0.396 e. The van der Waals surface area contributed by atoms with Crippen molar-refractivity contribution in [1.29, 1.82) is 0 Å². The van der Waals surface area contributed by atoms with Crippen LogP contribution in [0, 0.1) is 23.7 Å². The second-order valence-corrected chi connectivity index (χ2v) is 5.01. The first kappa shape index (κ1) is 9.51. The molecule has 1 nitrogen and oxygen atoms in total. The van der Waals surface area contributed by atoms with Gasteiger partial charge in [-0.05, 0) is 55.8 Å². The lowest BCUT2D eigenvalue weighted by atomic mass is 10.1. The highest BCUT2D eigenvalue weighted by molar-refractivity contribution is 4.90. The van der Waals surface area contributed by atoms with Gasteiger partial charge >= 0.3 is 0 Å². The van der Waals surface area contributed by atoms with E-state index in [1.54, 1.807) is 0 Å². The molecule has 13 heavy (non-hydrogen) atoms. The summed E-state index contributed by atoms with van der Waals surface area (Å²) in [5, 5.41) is 8.76. The number of aliphatic hydroxyl groups excluding tert-OH is 1. The predicted molar refractivity (Wildman–Crippen MR) is 54.4 cm³/mol. The molecule has 2 aliphatic carbocycles. The van der Waals surface area contributed by atoms with E-state index in [4.69, 9.17) is 5.11 Å². The monoisotopic (exact) mass is 182 g/mol. The van der Waals surface area contributed by atoms with Crippen LogP contribution in [0.4, 0.5) is 0 Å². The molecule has 0 bridgehead atoms. The van der Waals surface area contributed by atoms with Crippen LogP contribution in [0.1, 0.15) is 45.4 Å². The molecule has 0 aromatic carbocycles. The predicted octanol–water partition coefficient (Wildman–Crippen LogP) is 2.83. The maximum Gasteiger partial charge on any atom is 0.0433 e. The summed E-state index contributed by atoms with van der Waals surface area (Å²) in [6.45, 7) is 2.72. The van der Waals surface area contributed by atoms with Gasteiger partial charge in [0.1, 0.15) is 0 Å². The van der Waals surface area contributed by atoms with Gasteiger partial charge in [-0.2, -0.15) is 0 Å². The highest BCUT2D eigenvalue weighted by atomic mass is 16.3. The highest BCUT2D eigenvalue weighted by Gasteiger charge is 2.40. The lowest BCUT2D eigenvalue weighted by Gasteiger charge is -1.98. The van der Waals surface area contributed by atoms with Crippen molar-refractivity contribution in [2.75, 3.05) is 6.61 Å². The topological polar surface area (TPSA) is 20.2 Å². The minimum Gasteiger partial charge on any atom is -0.396 e. The van der Waals surface area contributed by atoms with Gasteiger partial charge in [0.2, 0.25) is 0 Å². The summed E-state index contributed by atoms with van der Waals surface area (Å²) in [6, 6.07) is 0. The van der Waals surface area contributed by atoms with Gasteiger partial charge in [0.25, 0.3) is 0 Å². The molecule has 4 unspecified atom stereocenters. The maximum absolute atomic E-state index is 8.76. The van der Waals surface area contributed by atoms with Crippen molar-refractivity contribution in [3.63, 3.8) is 0 Å². The Balaban J connectivity index is 1.51. The van der Waals surface area contributed by atoms with Gasteiger partial charge in [-0.1, -0.05) is 13.3 Å². The third kappa shape index (κ3) is 2.46. The molecular weight excluding hydrogens is 160 g/mol. The molecule has 4 atom stereocenters. The molecule has 0 aliphatic heterocycles. The van der Waals surface area contributed by atoms with Crippen molar-refractivity contribution in [1.82, 2.24) is 0 Å². The average Bonchev–Trinajstić information content (AvgIpc) is 2.96. The van der Waals surface area contributed by atoms with Crippen LogP contribution in [0.3, 0.4) is 0 Å². The van der Waals surface area contributed by atoms with Crippen LogP contribution < -0.4 is 0 Å². The Morgan fingerprint density at radius 2 is 1.46 bits per heavy atom. The summed E-state index contributed by atoms with van der Waals surface area (Å²) in [7, 11) is 0. The molecule has 0 aromatic heterocycles. The number of aliphatic hydroxyl groups is 1. The third-order valence-electron chi connectivity index (χ3n) is 4.07. The first-order valence-corrected chi connectivity index (χ1v) is 5.96. The van der Waals surface area contributed by atoms with Crippen LogP contribution in [-0.4, -0.2) is 11.7 Å². The molecule has 0 aromatic rings. The first-order chi connectivity index (χ1) is 6.35. The lowest BCUT2D eigenvalue weighted by Crippen LogP contribution is -1.89. The smallest absolute Gasteiger partial charge is 0.0433 e. The van der Waals surface area contributed by atoms with Gasteiger partial charge in [-0.15, -0.1) is 0 Å². The summed E-state index contributed by atoms with van der Waals surface area (Å²) in [4.78, 5) is 0. The minimum atomic E-state index is 0.405. The highest BCUT2D eigenvalue weighted by Crippen LogP contribution is 2.50. The standard InChI is InChI=1S/C12H22O/c1-2-9-7-10(9)3-4-11-8-12(11)5-6-13/h9-13H,2-8H2,1H3. The van der Waals surface area contributed by atoms with Gasteiger partial charge in [-0.25, -0.2) is 0 Å². The molecule has 0 radical (unpaired) electrons. The molecule has 0 amide bonds. The van der Waals surface area contributed by atoms with E-state index in [-0.39, 0.29) is 0 Å². The zero-order chi connectivity index (χ0) is 9.26. The molecule has 0 saturated heterocycles. The van der Waals surface area contributed by atoms with Crippen LogP contribution in [0.2, 0.25) is 0 Å². The van der Waals surface area contributed by atoms with Crippen LogP contribution in [-0.2, 0) is 0 Å². The molecule has 2 fully saturated rings. The Hall–Kier alpha value is -0.0400. The van der Waals surface area contributed by atoms with Crippen LogP contribution in [0.5, 0.6) is 0 Å². The molecular formula is C12H22O. The van der Waals surface area contributed by atoms with E-state index in [1.165, 1.54) is 32.1 Å². The Labute approximate surface area is 81.5 Å². The zero-order valence-corrected chi connectivity index (χ0v) is 8.71. The van der Waals surface area contributed by atoms with Gasteiger partial charge < -0.3 is 5.11 Å². The molecule has 1 heteroatoms. The van der Waals surface area contributed by atoms with Crippen molar-refractivity contribution in [3.05, 3.63) is 0 Å². The number of hydrogen-bond donors (Lipinski definition) is 1. The molecule has 2 rings (SSSR count). The van der Waals surface area contributed by atoms with Crippen LogP contribution >= 0.6 is 0 Å². The minimum absolute atomic E-state index is 0.405. The van der Waals surface area contributed by atoms with E-state index in [9.17, 15) is 0 Å². The SMILES string of the molecule is CCC1CC1CCC1CC1CCO. The van der Waals surface area contributed by atoms with Crippen molar-refractivity contribution < 1.29 is 5.11 Å². The van der Waals surface area contributed by atoms with E-state index >= 15 is 0 Å². The van der Waals surface area contributed by atoms with Gasteiger partial charge in [0, 0.05) is 6.61 Å². The van der Waals surface area contributed by atoms with E-state index in [1.807, 2.05) is 0 Å². The Morgan fingerprint density at radius 3 is 2.00 bits per heavy atom. The van der Waals surface area contributed by atoms with Crippen molar-refractivity contribution in [3.8, 4) is 0 Å². The lowest BCUT2D eigenvalue weighted by molar-refractivity contribution is 0.276. The first-order valence-electron chi connectivity index (χ1n) is 5.96. The van der Waals surface area contributed by atoms with Gasteiger partial charge in [0.05, 0.1) is 0 Å². The van der Waals surface area contributed by atoms with Crippen molar-refractivity contribution >= 4 is 0 Å². The van der Waals surface area contributed by atoms with Crippen molar-refractivity contribution in [2.24, 2.45) is 23.7 Å². The number of hydrogen-bond acceptors (Lipinski definition) is 1. The summed E-state index contributed by atoms with van der Waals surface area (Å²) < 4.78 is 0. The fourth-order valence-electron chi connectivity index (χ4n) is 2.78. The van der Waals surface area contributed by atoms with Gasteiger partial charge in [-0.3, -0.25) is 0 Å².